The van der Waals surface area contributed by atoms with Gasteiger partial charge < -0.3 is 5.32 Å². The van der Waals surface area contributed by atoms with Gasteiger partial charge in [0.1, 0.15) is 5.78 Å². The lowest BCUT2D eigenvalue weighted by Gasteiger charge is -2.00. The fraction of sp³-hybridized carbons (Fsp3) is 0.615. The van der Waals surface area contributed by atoms with Gasteiger partial charge in [-0.25, -0.2) is 0 Å². The quantitative estimate of drug-likeness (QED) is 0.774. The Morgan fingerprint density at radius 3 is 2.33 bits per heavy atom. The van der Waals surface area contributed by atoms with Gasteiger partial charge in [0, 0.05) is 5.92 Å². The molecule has 0 atom stereocenters. The molecule has 2 heteroatoms. The first kappa shape index (κ1) is 14.1. The summed E-state index contributed by atoms with van der Waals surface area (Å²) in [5.74, 6) is 0.440. The van der Waals surface area contributed by atoms with E-state index in [1.54, 1.807) is 7.05 Å². The Labute approximate surface area is 93.5 Å². The van der Waals surface area contributed by atoms with Crippen LogP contribution in [0.15, 0.2) is 23.8 Å². The van der Waals surface area contributed by atoms with Crippen molar-refractivity contribution in [3.8, 4) is 0 Å². The van der Waals surface area contributed by atoms with Crippen molar-refractivity contribution in [2.24, 2.45) is 5.92 Å². The minimum absolute atomic E-state index is 0.169. The first-order chi connectivity index (χ1) is 7.07. The maximum atomic E-state index is 10.7. The second kappa shape index (κ2) is 8.42. The molecule has 0 saturated carbocycles. The van der Waals surface area contributed by atoms with Crippen molar-refractivity contribution >= 4 is 5.78 Å². The van der Waals surface area contributed by atoms with Crippen LogP contribution in [0.4, 0.5) is 0 Å². The molecule has 0 spiro atoms. The van der Waals surface area contributed by atoms with E-state index in [4.69, 9.17) is 0 Å². The fourth-order valence-corrected chi connectivity index (χ4v) is 1.12. The van der Waals surface area contributed by atoms with Crippen molar-refractivity contribution in [1.29, 1.82) is 0 Å². The van der Waals surface area contributed by atoms with Gasteiger partial charge in [-0.15, -0.1) is 0 Å². The molecule has 0 saturated heterocycles. The molecule has 86 valence electrons. The third kappa shape index (κ3) is 8.13. The van der Waals surface area contributed by atoms with E-state index < -0.39 is 0 Å². The van der Waals surface area contributed by atoms with Crippen molar-refractivity contribution in [3.63, 3.8) is 0 Å². The number of hydrogen-bond acceptors (Lipinski definition) is 2. The maximum absolute atomic E-state index is 10.7. The summed E-state index contributed by atoms with van der Waals surface area (Å²) in [6, 6.07) is 0. The molecule has 0 aromatic heterocycles. The molecule has 0 radical (unpaired) electrons. The van der Waals surface area contributed by atoms with Crippen LogP contribution in [0.3, 0.4) is 0 Å². The van der Waals surface area contributed by atoms with Crippen LogP contribution in [-0.2, 0) is 4.79 Å². The van der Waals surface area contributed by atoms with E-state index in [1.807, 2.05) is 13.8 Å². The summed E-state index contributed by atoms with van der Waals surface area (Å²) >= 11 is 0. The van der Waals surface area contributed by atoms with Gasteiger partial charge >= 0.3 is 0 Å². The molecule has 1 rings (SSSR count). The Bertz CT molecular complexity index is 239. The monoisotopic (exact) mass is 209 g/mol. The van der Waals surface area contributed by atoms with Crippen LogP contribution >= 0.6 is 0 Å². The average Bonchev–Trinajstić information content (AvgIpc) is 2.20. The molecule has 0 amide bonds. The summed E-state index contributed by atoms with van der Waals surface area (Å²) in [5, 5.41) is 2.80. The maximum Gasteiger partial charge on any atom is 0.149 e. The predicted molar refractivity (Wildman–Crippen MR) is 65.9 cm³/mol. The third-order valence-electron chi connectivity index (χ3n) is 2.18. The Balaban J connectivity index is 0.000000262. The van der Waals surface area contributed by atoms with Gasteiger partial charge in [-0.3, -0.25) is 4.79 Å². The molecule has 2 nitrogen and oxygen atoms in total. The molecule has 0 fully saturated rings. The van der Waals surface area contributed by atoms with Crippen molar-refractivity contribution in [2.45, 2.75) is 33.6 Å². The van der Waals surface area contributed by atoms with Crippen LogP contribution < -0.4 is 5.32 Å². The molecule has 15 heavy (non-hydrogen) atoms. The number of carbonyl (C=O) groups is 1. The molecule has 0 bridgehead atoms. The molecular formula is C13H23NO. The normalized spacial score (nSPS) is 14.3. The van der Waals surface area contributed by atoms with Crippen molar-refractivity contribution in [2.75, 3.05) is 13.6 Å². The van der Waals surface area contributed by atoms with Crippen LogP contribution in [-0.4, -0.2) is 19.4 Å². The molecule has 0 aromatic carbocycles. The Morgan fingerprint density at radius 2 is 2.13 bits per heavy atom. The number of hydrogen-bond donors (Lipinski definition) is 1. The summed E-state index contributed by atoms with van der Waals surface area (Å²) in [6.45, 7) is 6.44. The molecule has 1 aliphatic carbocycles. The molecular weight excluding hydrogens is 186 g/mol. The van der Waals surface area contributed by atoms with Gasteiger partial charge in [-0.05, 0) is 26.8 Å². The van der Waals surface area contributed by atoms with Crippen LogP contribution in [0, 0.1) is 5.92 Å². The van der Waals surface area contributed by atoms with Crippen LogP contribution in [0.1, 0.15) is 33.6 Å². The second-order valence-corrected chi connectivity index (χ2v) is 4.08. The first-order valence-electron chi connectivity index (χ1n) is 5.58. The van der Waals surface area contributed by atoms with E-state index in [9.17, 15) is 4.79 Å². The van der Waals surface area contributed by atoms with Crippen LogP contribution in [0.2, 0.25) is 0 Å². The molecule has 0 heterocycles. The minimum atomic E-state index is 0.169. The molecule has 0 aliphatic heterocycles. The number of allylic oxidation sites excluding steroid dienone is 4. The van der Waals surface area contributed by atoms with Gasteiger partial charge in [0.15, 0.2) is 0 Å². The summed E-state index contributed by atoms with van der Waals surface area (Å²) in [5.41, 5.74) is 1.41. The van der Waals surface area contributed by atoms with Crippen molar-refractivity contribution in [1.82, 2.24) is 5.32 Å². The SMILES string of the molecule is CC1=CCCC=C1.CNCC(=O)C(C)C. The second-order valence-electron chi connectivity index (χ2n) is 4.08. The third-order valence-corrected chi connectivity index (χ3v) is 2.18. The van der Waals surface area contributed by atoms with Crippen LogP contribution in [0.25, 0.3) is 0 Å². The zero-order valence-corrected chi connectivity index (χ0v) is 10.3. The zero-order valence-electron chi connectivity index (χ0n) is 10.3. The summed E-state index contributed by atoms with van der Waals surface area (Å²) in [4.78, 5) is 10.7. The molecule has 1 N–H and O–H groups in total. The van der Waals surface area contributed by atoms with Gasteiger partial charge in [-0.1, -0.05) is 37.6 Å². The van der Waals surface area contributed by atoms with Crippen LogP contribution in [0.5, 0.6) is 0 Å². The van der Waals surface area contributed by atoms with E-state index in [0.29, 0.717) is 6.54 Å². The standard InChI is InChI=1S/C7H10.C6H13NO/c1-7-5-3-2-4-6-7;1-5(2)6(8)4-7-3/h3,5-6H,2,4H2,1H3;5,7H,4H2,1-3H3. The summed E-state index contributed by atoms with van der Waals surface area (Å²) < 4.78 is 0. The number of ketones is 1. The molecule has 1 aliphatic rings. The lowest BCUT2D eigenvalue weighted by Crippen LogP contribution is -2.22. The van der Waals surface area contributed by atoms with E-state index in [2.05, 4.69) is 30.5 Å². The Kier molecular flexibility index (Phi) is 7.92. The predicted octanol–water partition coefficient (Wildman–Crippen LogP) is 2.71. The van der Waals surface area contributed by atoms with E-state index in [1.165, 1.54) is 18.4 Å². The Morgan fingerprint density at radius 1 is 1.47 bits per heavy atom. The number of likely N-dealkylation sites (N-methyl/N-ethyl adjacent to an activating group) is 1. The van der Waals surface area contributed by atoms with Gasteiger partial charge in [0.25, 0.3) is 0 Å². The lowest BCUT2D eigenvalue weighted by atomic mass is 10.1. The highest BCUT2D eigenvalue weighted by Gasteiger charge is 2.03. The zero-order chi connectivity index (χ0) is 11.7. The van der Waals surface area contributed by atoms with Crippen molar-refractivity contribution in [3.05, 3.63) is 23.8 Å². The average molecular weight is 209 g/mol. The van der Waals surface area contributed by atoms with E-state index in [0.717, 1.165) is 0 Å². The Hall–Kier alpha value is -0.890. The lowest BCUT2D eigenvalue weighted by molar-refractivity contribution is -0.120. The fourth-order valence-electron chi connectivity index (χ4n) is 1.12. The first-order valence-corrected chi connectivity index (χ1v) is 5.58. The molecule has 0 aromatic rings. The topological polar surface area (TPSA) is 29.1 Å². The summed E-state index contributed by atoms with van der Waals surface area (Å²) in [6.07, 6.45) is 9.12. The largest absolute Gasteiger partial charge is 0.313 e. The number of Topliss-reactive ketones (excluding diaryl/α,β-unsaturated/α-hetero) is 1. The number of carbonyl (C=O) groups excluding carboxylic acids is 1. The minimum Gasteiger partial charge on any atom is -0.313 e. The van der Waals surface area contributed by atoms with E-state index in [-0.39, 0.29) is 11.7 Å². The highest BCUT2D eigenvalue weighted by atomic mass is 16.1. The van der Waals surface area contributed by atoms with E-state index >= 15 is 0 Å². The smallest absolute Gasteiger partial charge is 0.149 e. The highest BCUT2D eigenvalue weighted by Crippen LogP contribution is 2.06. The van der Waals surface area contributed by atoms with Gasteiger partial charge in [-0.2, -0.15) is 0 Å². The number of nitrogens with one attached hydrogen (secondary N) is 1. The number of rotatable bonds is 3. The highest BCUT2D eigenvalue weighted by molar-refractivity contribution is 5.82. The van der Waals surface area contributed by atoms with Gasteiger partial charge in [0.2, 0.25) is 0 Å². The van der Waals surface area contributed by atoms with Crippen molar-refractivity contribution < 1.29 is 4.79 Å². The summed E-state index contributed by atoms with van der Waals surface area (Å²) in [7, 11) is 1.78. The van der Waals surface area contributed by atoms with Gasteiger partial charge in [0.05, 0.1) is 6.54 Å². The molecule has 0 unspecified atom stereocenters.